The van der Waals surface area contributed by atoms with Gasteiger partial charge in [0.2, 0.25) is 5.91 Å². The van der Waals surface area contributed by atoms with Gasteiger partial charge in [-0.3, -0.25) is 14.4 Å². The Morgan fingerprint density at radius 2 is 1.52 bits per heavy atom. The van der Waals surface area contributed by atoms with E-state index in [0.29, 0.717) is 18.5 Å². The van der Waals surface area contributed by atoms with E-state index in [1.165, 1.54) is 28.1 Å². The maximum absolute atomic E-state index is 14.5. The number of esters is 2. The second-order valence-electron chi connectivity index (χ2n) is 19.4. The number of carbonyl (C=O) groups is 3. The van der Waals surface area contributed by atoms with Gasteiger partial charge in [-0.25, -0.2) is 0 Å². The normalized spacial score (nSPS) is 41.9. The number of cyclic esters (lactones) is 1. The Bertz CT molecular complexity index is 1680. The topological polar surface area (TPSA) is 227 Å². The minimum absolute atomic E-state index is 0.0771. The summed E-state index contributed by atoms with van der Waals surface area (Å²) >= 11 is 0. The molecule has 64 heavy (non-hydrogen) atoms. The molecule has 0 radical (unpaired) electrons. The summed E-state index contributed by atoms with van der Waals surface area (Å²) in [5.41, 5.74) is 3.01. The average molecular weight is 910 g/mol. The van der Waals surface area contributed by atoms with Crippen molar-refractivity contribution in [3.63, 3.8) is 0 Å². The molecule has 3 fully saturated rings. The number of aliphatic hydroxyl groups excluding tert-OH is 2. The highest BCUT2D eigenvalue weighted by atomic mass is 16.7. The van der Waals surface area contributed by atoms with Crippen molar-refractivity contribution in [2.45, 2.75) is 198 Å². The van der Waals surface area contributed by atoms with Gasteiger partial charge >= 0.3 is 11.9 Å². The molecule has 0 bridgehead atoms. The second-order valence-corrected chi connectivity index (χ2v) is 19.4. The van der Waals surface area contributed by atoms with Crippen molar-refractivity contribution in [2.24, 2.45) is 17.8 Å². The number of nitrogens with zero attached hydrogens (tertiary/aromatic N) is 1. The van der Waals surface area contributed by atoms with Gasteiger partial charge in [0.05, 0.1) is 48.0 Å². The molecular formula is C47H79N3O14. The largest absolute Gasteiger partial charge is 0.459 e. The standard InChI is InChI=1S/C47H79N3O14/c1-15-34-47(10,56)39(53)29(6)42(54)49-25(2)23-45(8,57-13)40(64-44-37(52)33(50(11)12)22-26(3)59-44)27(4)38(28(5)43(55)61-34)63-36-24-46(9,58-14)41(30(7)60-36)62-35(51)21-18-31-16-19-32(48)20-17-31/h16-17,19-20,25-30,33-34,36-41,44,52-53,56H,15,18,21-24,48H2,1-14H3,(H,49,54)/t25-,26-,27+,28-,29-,30+,33+,34-,36+,37-,38+,39-,40-,41+,44+,45-,46-,47-/m1/s1. The fraction of sp³-hybridized carbons (Fsp3) is 0.809. The van der Waals surface area contributed by atoms with Gasteiger partial charge in [0.1, 0.15) is 23.4 Å². The van der Waals surface area contributed by atoms with Crippen LogP contribution in [-0.2, 0) is 58.7 Å². The number of hydrogen-bond donors (Lipinski definition) is 5. The molecule has 3 heterocycles. The lowest BCUT2D eigenvalue weighted by Gasteiger charge is -2.50. The summed E-state index contributed by atoms with van der Waals surface area (Å²) < 4.78 is 51.1. The van der Waals surface area contributed by atoms with E-state index < -0.39 is 114 Å². The number of benzene rings is 1. The molecule has 366 valence electrons. The van der Waals surface area contributed by atoms with E-state index in [1.807, 2.05) is 58.8 Å². The minimum Gasteiger partial charge on any atom is -0.459 e. The predicted octanol–water partition coefficient (Wildman–Crippen LogP) is 3.51. The molecule has 0 aliphatic carbocycles. The number of nitrogens with two attached hydrogens (primary N) is 1. The number of rotatable bonds is 12. The maximum atomic E-state index is 14.5. The number of ether oxygens (including phenoxy) is 8. The molecule has 0 aromatic heterocycles. The molecule has 17 heteroatoms. The van der Waals surface area contributed by atoms with Crippen molar-refractivity contribution in [3.05, 3.63) is 29.8 Å². The molecule has 0 spiro atoms. The van der Waals surface area contributed by atoms with Gasteiger partial charge in [0.25, 0.3) is 0 Å². The first-order chi connectivity index (χ1) is 29.8. The van der Waals surface area contributed by atoms with Gasteiger partial charge in [-0.1, -0.05) is 32.9 Å². The van der Waals surface area contributed by atoms with Gasteiger partial charge < -0.3 is 69.2 Å². The van der Waals surface area contributed by atoms with Crippen molar-refractivity contribution in [2.75, 3.05) is 34.0 Å². The molecule has 1 amide bonds. The number of methoxy groups -OCH3 is 2. The zero-order valence-electron chi connectivity index (χ0n) is 40.6. The van der Waals surface area contributed by atoms with E-state index in [4.69, 9.17) is 43.6 Å². The smallest absolute Gasteiger partial charge is 0.311 e. The lowest BCUT2D eigenvalue weighted by molar-refractivity contribution is -0.320. The molecule has 17 nitrogen and oxygen atoms in total. The van der Waals surface area contributed by atoms with E-state index in [-0.39, 0.29) is 37.8 Å². The van der Waals surface area contributed by atoms with Crippen LogP contribution in [0.1, 0.15) is 107 Å². The first kappa shape index (κ1) is 53.6. The number of amides is 1. The van der Waals surface area contributed by atoms with Crippen LogP contribution >= 0.6 is 0 Å². The van der Waals surface area contributed by atoms with Crippen molar-refractivity contribution in [1.82, 2.24) is 10.2 Å². The molecule has 4 rings (SSSR count). The molecule has 1 aromatic carbocycles. The van der Waals surface area contributed by atoms with Crippen LogP contribution in [0, 0.1) is 17.8 Å². The molecule has 0 unspecified atom stereocenters. The number of likely N-dealkylation sites (N-methyl/N-ethyl adjacent to an activating group) is 1. The Hall–Kier alpha value is -2.97. The zero-order valence-corrected chi connectivity index (χ0v) is 40.6. The summed E-state index contributed by atoms with van der Waals surface area (Å²) in [7, 11) is 6.79. The van der Waals surface area contributed by atoms with Crippen molar-refractivity contribution in [1.29, 1.82) is 0 Å². The third-order valence-electron chi connectivity index (χ3n) is 14.0. The average Bonchev–Trinajstić information content (AvgIpc) is 3.24. The van der Waals surface area contributed by atoms with Gasteiger partial charge in [-0.15, -0.1) is 0 Å². The first-order valence-corrected chi connectivity index (χ1v) is 22.8. The van der Waals surface area contributed by atoms with Gasteiger partial charge in [-0.05, 0) is 106 Å². The number of aliphatic hydroxyl groups is 3. The summed E-state index contributed by atoms with van der Waals surface area (Å²) in [6, 6.07) is 6.41. The third kappa shape index (κ3) is 12.5. The van der Waals surface area contributed by atoms with Gasteiger partial charge in [0, 0.05) is 50.8 Å². The fourth-order valence-corrected chi connectivity index (χ4v) is 9.79. The van der Waals surface area contributed by atoms with Crippen LogP contribution in [0.5, 0.6) is 0 Å². The van der Waals surface area contributed by atoms with Crippen molar-refractivity contribution in [3.8, 4) is 0 Å². The molecule has 6 N–H and O–H groups in total. The summed E-state index contributed by atoms with van der Waals surface area (Å²) in [6.45, 7) is 17.1. The van der Waals surface area contributed by atoms with E-state index >= 15 is 0 Å². The van der Waals surface area contributed by atoms with Crippen LogP contribution in [0.3, 0.4) is 0 Å². The number of anilines is 1. The Morgan fingerprint density at radius 3 is 2.09 bits per heavy atom. The Morgan fingerprint density at radius 1 is 0.906 bits per heavy atom. The van der Waals surface area contributed by atoms with Crippen molar-refractivity contribution < 1.29 is 67.6 Å². The van der Waals surface area contributed by atoms with Crippen LogP contribution in [-0.4, -0.2) is 157 Å². The summed E-state index contributed by atoms with van der Waals surface area (Å²) in [5.74, 6) is -4.67. The maximum Gasteiger partial charge on any atom is 0.311 e. The molecular weight excluding hydrogens is 831 g/mol. The van der Waals surface area contributed by atoms with E-state index in [1.54, 1.807) is 39.8 Å². The molecule has 3 aliphatic heterocycles. The third-order valence-corrected chi connectivity index (χ3v) is 14.0. The molecule has 0 saturated carbocycles. The highest BCUT2D eigenvalue weighted by Crippen LogP contribution is 2.41. The molecule has 3 saturated heterocycles. The first-order valence-electron chi connectivity index (χ1n) is 22.8. The van der Waals surface area contributed by atoms with Crippen LogP contribution in [0.25, 0.3) is 0 Å². The van der Waals surface area contributed by atoms with Crippen LogP contribution in [0.2, 0.25) is 0 Å². The fourth-order valence-electron chi connectivity index (χ4n) is 9.79. The predicted molar refractivity (Wildman–Crippen MR) is 238 cm³/mol. The number of nitrogens with one attached hydrogen (secondary N) is 1. The van der Waals surface area contributed by atoms with Crippen LogP contribution in [0.15, 0.2) is 24.3 Å². The summed E-state index contributed by atoms with van der Waals surface area (Å²) in [4.78, 5) is 43.4. The Balaban J connectivity index is 1.77. The quantitative estimate of drug-likeness (QED) is 0.149. The molecule has 3 aliphatic rings. The lowest BCUT2D eigenvalue weighted by Crippen LogP contribution is -2.61. The van der Waals surface area contributed by atoms with Gasteiger partial charge in [-0.2, -0.15) is 0 Å². The number of aryl methyl sites for hydroxylation is 1. The van der Waals surface area contributed by atoms with Gasteiger partial charge in [0.15, 0.2) is 18.7 Å². The number of carbonyl (C=O) groups excluding carboxylic acids is 3. The van der Waals surface area contributed by atoms with E-state index in [0.717, 1.165) is 5.56 Å². The minimum atomic E-state index is -2.03. The monoisotopic (exact) mass is 910 g/mol. The summed E-state index contributed by atoms with van der Waals surface area (Å²) in [6.07, 6.45) is -8.55. The Kier molecular flexibility index (Phi) is 18.6. The van der Waals surface area contributed by atoms with E-state index in [2.05, 4.69) is 5.32 Å². The highest BCUT2D eigenvalue weighted by molar-refractivity contribution is 5.79. The lowest BCUT2D eigenvalue weighted by atomic mass is 9.78. The zero-order chi connectivity index (χ0) is 48.1. The van der Waals surface area contributed by atoms with Crippen LogP contribution in [0.4, 0.5) is 5.69 Å². The van der Waals surface area contributed by atoms with Crippen molar-refractivity contribution >= 4 is 23.5 Å². The summed E-state index contributed by atoms with van der Waals surface area (Å²) in [5, 5.41) is 37.9. The van der Waals surface area contributed by atoms with E-state index in [9.17, 15) is 29.7 Å². The second kappa shape index (κ2) is 22.2. The number of hydrogen-bond acceptors (Lipinski definition) is 16. The molecule has 1 aromatic rings. The van der Waals surface area contributed by atoms with Crippen LogP contribution < -0.4 is 11.1 Å². The Labute approximate surface area is 380 Å². The molecule has 18 atom stereocenters. The highest BCUT2D eigenvalue weighted by Gasteiger charge is 2.54. The number of nitrogen functional groups attached to an aromatic ring is 1. The SMILES string of the molecule is CC[C@H]1OC(=O)[C@H](C)[C@@H](O[C@H]2C[C@@](C)(OC)[C@@H](OC(=O)CCc3ccc(N)cc3)[C@H](C)O2)[C@H](C)[C@@H](O[C@@H]2O[C@H](C)C[C@H](N(C)C)[C@H]2O)[C@](C)(OC)C[C@@H](C)NC(=O)[C@H](C)[C@@H](O)[C@]1(C)O.